The lowest BCUT2D eigenvalue weighted by atomic mass is 10.0. The summed E-state index contributed by atoms with van der Waals surface area (Å²) < 4.78 is 39.8. The summed E-state index contributed by atoms with van der Waals surface area (Å²) in [6, 6.07) is 12.4. The van der Waals surface area contributed by atoms with E-state index in [4.69, 9.17) is 0 Å². The Labute approximate surface area is 126 Å². The summed E-state index contributed by atoms with van der Waals surface area (Å²) in [5.41, 5.74) is 0.191. The fourth-order valence-electron chi connectivity index (χ4n) is 2.19. The third kappa shape index (κ3) is 2.63. The van der Waals surface area contributed by atoms with Crippen LogP contribution in [0.1, 0.15) is 5.56 Å². The lowest BCUT2D eigenvalue weighted by Gasteiger charge is -2.13. The molecular weight excluding hydrogens is 345 g/mol. The Morgan fingerprint density at radius 1 is 0.857 bits per heavy atom. The molecule has 1 heterocycles. The van der Waals surface area contributed by atoms with Crippen LogP contribution in [0.3, 0.4) is 0 Å². The topological polar surface area (TPSA) is 25.8 Å². The van der Waals surface area contributed by atoms with Crippen LogP contribution in [0.25, 0.3) is 22.2 Å². The minimum absolute atomic E-state index is 0.0456. The van der Waals surface area contributed by atoms with Crippen molar-refractivity contribution in [1.29, 1.82) is 0 Å². The molecule has 0 amide bonds. The van der Waals surface area contributed by atoms with Crippen molar-refractivity contribution in [2.75, 3.05) is 0 Å². The van der Waals surface area contributed by atoms with E-state index in [1.165, 1.54) is 12.1 Å². The van der Waals surface area contributed by atoms with Gasteiger partial charge in [-0.05, 0) is 28.1 Å². The SMILES string of the molecule is FC(F)(F)c1ccccc1-c1nc(Br)nc2ccccc12. The summed E-state index contributed by atoms with van der Waals surface area (Å²) in [5, 5.41) is 0.581. The second-order valence-electron chi connectivity index (χ2n) is 4.40. The van der Waals surface area contributed by atoms with Crippen molar-refractivity contribution in [3.05, 3.63) is 58.8 Å². The molecular formula is C15H8BrF3N2. The molecule has 0 saturated carbocycles. The first-order valence-electron chi connectivity index (χ1n) is 6.06. The average Bonchev–Trinajstić information content (AvgIpc) is 2.45. The molecule has 0 aliphatic carbocycles. The zero-order valence-electron chi connectivity index (χ0n) is 10.5. The van der Waals surface area contributed by atoms with Crippen LogP contribution in [0.15, 0.2) is 53.3 Å². The van der Waals surface area contributed by atoms with E-state index < -0.39 is 11.7 Å². The minimum atomic E-state index is -4.44. The van der Waals surface area contributed by atoms with E-state index >= 15 is 0 Å². The van der Waals surface area contributed by atoms with E-state index in [2.05, 4.69) is 25.9 Å². The Kier molecular flexibility index (Phi) is 3.41. The number of hydrogen-bond acceptors (Lipinski definition) is 2. The van der Waals surface area contributed by atoms with Gasteiger partial charge in [-0.25, -0.2) is 9.97 Å². The summed E-state index contributed by atoms with van der Waals surface area (Å²) in [7, 11) is 0. The molecule has 2 aromatic carbocycles. The molecule has 0 spiro atoms. The summed E-state index contributed by atoms with van der Waals surface area (Å²) in [5.74, 6) is 0. The van der Waals surface area contributed by atoms with Crippen molar-refractivity contribution in [2.24, 2.45) is 0 Å². The highest BCUT2D eigenvalue weighted by atomic mass is 79.9. The largest absolute Gasteiger partial charge is 0.417 e. The molecule has 0 fully saturated rings. The number of alkyl halides is 3. The molecule has 106 valence electrons. The van der Waals surface area contributed by atoms with Crippen molar-refractivity contribution in [3.63, 3.8) is 0 Å². The Bertz CT molecular complexity index is 815. The van der Waals surface area contributed by atoms with Gasteiger partial charge in [0.15, 0.2) is 4.73 Å². The average molecular weight is 353 g/mol. The Morgan fingerprint density at radius 3 is 2.29 bits per heavy atom. The third-order valence-electron chi connectivity index (χ3n) is 3.06. The van der Waals surface area contributed by atoms with Crippen LogP contribution in [-0.4, -0.2) is 9.97 Å². The predicted octanol–water partition coefficient (Wildman–Crippen LogP) is 5.08. The molecule has 3 aromatic rings. The summed E-state index contributed by atoms with van der Waals surface area (Å²) in [6.45, 7) is 0. The van der Waals surface area contributed by atoms with Crippen molar-refractivity contribution >= 4 is 26.8 Å². The normalized spacial score (nSPS) is 11.8. The van der Waals surface area contributed by atoms with Gasteiger partial charge in [-0.15, -0.1) is 0 Å². The molecule has 6 heteroatoms. The van der Waals surface area contributed by atoms with E-state index in [1.54, 1.807) is 30.3 Å². The van der Waals surface area contributed by atoms with Gasteiger partial charge in [0.1, 0.15) is 0 Å². The summed E-state index contributed by atoms with van der Waals surface area (Å²) >= 11 is 3.15. The monoisotopic (exact) mass is 352 g/mol. The fourth-order valence-corrected chi connectivity index (χ4v) is 2.56. The molecule has 0 unspecified atom stereocenters. The standard InChI is InChI=1S/C15H8BrF3N2/c16-14-20-12-8-4-2-6-10(12)13(21-14)9-5-1-3-7-11(9)15(17,18)19/h1-8H. The molecule has 1 aromatic heterocycles. The van der Waals surface area contributed by atoms with E-state index in [9.17, 15) is 13.2 Å². The molecule has 0 atom stereocenters. The van der Waals surface area contributed by atoms with Crippen LogP contribution in [-0.2, 0) is 6.18 Å². The Balaban J connectivity index is 2.36. The smallest absolute Gasteiger partial charge is 0.222 e. The third-order valence-corrected chi connectivity index (χ3v) is 3.42. The van der Waals surface area contributed by atoms with E-state index in [1.807, 2.05) is 0 Å². The van der Waals surface area contributed by atoms with Gasteiger partial charge in [0.2, 0.25) is 0 Å². The molecule has 21 heavy (non-hydrogen) atoms. The van der Waals surface area contributed by atoms with Crippen LogP contribution >= 0.6 is 15.9 Å². The Morgan fingerprint density at radius 2 is 1.52 bits per heavy atom. The van der Waals surface area contributed by atoms with Crippen molar-refractivity contribution in [1.82, 2.24) is 9.97 Å². The van der Waals surface area contributed by atoms with Crippen LogP contribution in [0.2, 0.25) is 0 Å². The van der Waals surface area contributed by atoms with E-state index in [0.29, 0.717) is 10.9 Å². The van der Waals surface area contributed by atoms with Crippen molar-refractivity contribution in [3.8, 4) is 11.3 Å². The van der Waals surface area contributed by atoms with E-state index in [-0.39, 0.29) is 16.0 Å². The van der Waals surface area contributed by atoms with Crippen molar-refractivity contribution < 1.29 is 13.2 Å². The number of nitrogens with zero attached hydrogens (tertiary/aromatic N) is 2. The number of aromatic nitrogens is 2. The number of para-hydroxylation sites is 1. The maximum atomic E-state index is 13.2. The lowest BCUT2D eigenvalue weighted by Crippen LogP contribution is -2.07. The first kappa shape index (κ1) is 14.0. The second kappa shape index (κ2) is 5.11. The highest BCUT2D eigenvalue weighted by molar-refractivity contribution is 9.10. The Hall–Kier alpha value is -1.95. The number of halogens is 4. The van der Waals surface area contributed by atoms with Gasteiger partial charge in [0, 0.05) is 10.9 Å². The van der Waals surface area contributed by atoms with E-state index in [0.717, 1.165) is 6.07 Å². The first-order chi connectivity index (χ1) is 9.97. The summed E-state index contributed by atoms with van der Waals surface area (Å²) in [4.78, 5) is 8.33. The molecule has 0 N–H and O–H groups in total. The number of rotatable bonds is 1. The number of fused-ring (bicyclic) bond motifs is 1. The van der Waals surface area contributed by atoms with Gasteiger partial charge >= 0.3 is 6.18 Å². The van der Waals surface area contributed by atoms with Gasteiger partial charge in [-0.2, -0.15) is 13.2 Å². The van der Waals surface area contributed by atoms with Gasteiger partial charge in [-0.1, -0.05) is 36.4 Å². The molecule has 0 aliphatic rings. The number of benzene rings is 2. The lowest BCUT2D eigenvalue weighted by molar-refractivity contribution is -0.137. The number of hydrogen-bond donors (Lipinski definition) is 0. The predicted molar refractivity (Wildman–Crippen MR) is 77.7 cm³/mol. The highest BCUT2D eigenvalue weighted by Crippen LogP contribution is 2.38. The second-order valence-corrected chi connectivity index (χ2v) is 5.11. The quantitative estimate of drug-likeness (QED) is 0.571. The first-order valence-corrected chi connectivity index (χ1v) is 6.85. The van der Waals surface area contributed by atoms with Crippen molar-refractivity contribution in [2.45, 2.75) is 6.18 Å². The minimum Gasteiger partial charge on any atom is -0.222 e. The molecule has 3 rings (SSSR count). The van der Waals surface area contributed by atoms with Gasteiger partial charge in [0.05, 0.1) is 16.8 Å². The van der Waals surface area contributed by atoms with Crippen LogP contribution < -0.4 is 0 Å². The van der Waals surface area contributed by atoms with Gasteiger partial charge in [0.25, 0.3) is 0 Å². The molecule has 0 bridgehead atoms. The summed E-state index contributed by atoms with van der Waals surface area (Å²) in [6.07, 6.45) is -4.44. The molecule has 0 aliphatic heterocycles. The van der Waals surface area contributed by atoms with Crippen LogP contribution in [0.5, 0.6) is 0 Å². The van der Waals surface area contributed by atoms with Crippen LogP contribution in [0.4, 0.5) is 13.2 Å². The van der Waals surface area contributed by atoms with Crippen LogP contribution in [0, 0.1) is 0 Å². The van der Waals surface area contributed by atoms with Gasteiger partial charge < -0.3 is 0 Å². The molecule has 0 saturated heterocycles. The maximum absolute atomic E-state index is 13.2. The molecule has 0 radical (unpaired) electrons. The molecule has 2 nitrogen and oxygen atoms in total. The van der Waals surface area contributed by atoms with Gasteiger partial charge in [-0.3, -0.25) is 0 Å². The zero-order chi connectivity index (χ0) is 15.0. The zero-order valence-corrected chi connectivity index (χ0v) is 12.1. The highest BCUT2D eigenvalue weighted by Gasteiger charge is 2.34. The fraction of sp³-hybridized carbons (Fsp3) is 0.0667. The maximum Gasteiger partial charge on any atom is 0.417 e.